The molecule has 4 heteroatoms. The number of benzene rings is 1. The Morgan fingerprint density at radius 1 is 1.38 bits per heavy atom. The second-order valence-corrected chi connectivity index (χ2v) is 3.64. The van der Waals surface area contributed by atoms with E-state index in [0.717, 1.165) is 18.6 Å². The van der Waals surface area contributed by atoms with Crippen LogP contribution in [-0.4, -0.2) is 12.4 Å². The average molecular weight is 228 g/mol. The highest BCUT2D eigenvalue weighted by molar-refractivity contribution is 5.82. The van der Waals surface area contributed by atoms with Crippen molar-refractivity contribution in [3.63, 3.8) is 0 Å². The van der Waals surface area contributed by atoms with Crippen LogP contribution in [0.3, 0.4) is 0 Å². The molecule has 2 nitrogen and oxygen atoms in total. The van der Waals surface area contributed by atoms with Crippen LogP contribution >= 0.6 is 0 Å². The number of hydrogen-bond acceptors (Lipinski definition) is 2. The average Bonchev–Trinajstić information content (AvgIpc) is 2.29. The molecular formula is C12H14F2O2. The van der Waals surface area contributed by atoms with Gasteiger partial charge in [-0.3, -0.25) is 4.79 Å². The molecule has 0 aliphatic rings. The lowest BCUT2D eigenvalue weighted by Gasteiger charge is -2.09. The first-order valence-electron chi connectivity index (χ1n) is 5.15. The molecule has 1 rings (SSSR count). The van der Waals surface area contributed by atoms with E-state index in [-0.39, 0.29) is 24.1 Å². The third-order valence-corrected chi connectivity index (χ3v) is 2.43. The van der Waals surface area contributed by atoms with Crippen LogP contribution in [0.2, 0.25) is 0 Å². The summed E-state index contributed by atoms with van der Waals surface area (Å²) in [5.41, 5.74) is 0. The Balaban J connectivity index is 2.55. The summed E-state index contributed by atoms with van der Waals surface area (Å²) in [6.45, 7) is 3.59. The summed E-state index contributed by atoms with van der Waals surface area (Å²) in [4.78, 5) is 11.4. The van der Waals surface area contributed by atoms with Gasteiger partial charge in [-0.2, -0.15) is 0 Å². The van der Waals surface area contributed by atoms with Crippen molar-refractivity contribution >= 4 is 5.78 Å². The maximum absolute atomic E-state index is 12.8. The van der Waals surface area contributed by atoms with Crippen molar-refractivity contribution in [2.75, 3.05) is 6.61 Å². The van der Waals surface area contributed by atoms with Gasteiger partial charge in [0.25, 0.3) is 0 Å². The highest BCUT2D eigenvalue weighted by atomic mass is 19.2. The molecule has 0 radical (unpaired) electrons. The van der Waals surface area contributed by atoms with Gasteiger partial charge >= 0.3 is 0 Å². The van der Waals surface area contributed by atoms with E-state index in [1.54, 1.807) is 6.92 Å². The number of rotatable bonds is 5. The zero-order valence-electron chi connectivity index (χ0n) is 9.30. The maximum atomic E-state index is 12.8. The molecule has 0 saturated carbocycles. The van der Waals surface area contributed by atoms with E-state index >= 15 is 0 Å². The van der Waals surface area contributed by atoms with Crippen LogP contribution in [-0.2, 0) is 4.79 Å². The van der Waals surface area contributed by atoms with Crippen molar-refractivity contribution in [2.45, 2.75) is 20.3 Å². The number of carbonyl (C=O) groups is 1. The van der Waals surface area contributed by atoms with Crippen molar-refractivity contribution in [3.8, 4) is 5.75 Å². The van der Waals surface area contributed by atoms with Crippen molar-refractivity contribution in [1.82, 2.24) is 0 Å². The first kappa shape index (κ1) is 12.6. The van der Waals surface area contributed by atoms with Crippen LogP contribution in [0.25, 0.3) is 0 Å². The minimum atomic E-state index is -0.978. The molecule has 0 amide bonds. The minimum Gasteiger partial charge on any atom is -0.486 e. The van der Waals surface area contributed by atoms with Crippen LogP contribution in [0.15, 0.2) is 18.2 Å². The monoisotopic (exact) mass is 228 g/mol. The molecule has 1 unspecified atom stereocenters. The third-order valence-electron chi connectivity index (χ3n) is 2.43. The molecule has 0 aromatic heterocycles. The smallest absolute Gasteiger partial charge is 0.172 e. The van der Waals surface area contributed by atoms with E-state index < -0.39 is 11.6 Å². The van der Waals surface area contributed by atoms with Gasteiger partial charge in [0.15, 0.2) is 17.4 Å². The van der Waals surface area contributed by atoms with Gasteiger partial charge in [0.1, 0.15) is 12.4 Å². The quantitative estimate of drug-likeness (QED) is 0.774. The fraction of sp³-hybridized carbons (Fsp3) is 0.417. The second-order valence-electron chi connectivity index (χ2n) is 3.64. The normalized spacial score (nSPS) is 12.2. The first-order valence-corrected chi connectivity index (χ1v) is 5.15. The first-order chi connectivity index (χ1) is 7.54. The molecule has 1 atom stereocenters. The Bertz CT molecular complexity index is 377. The van der Waals surface area contributed by atoms with E-state index in [1.165, 1.54) is 6.07 Å². The molecular weight excluding hydrogens is 214 g/mol. The Hall–Kier alpha value is -1.45. The van der Waals surface area contributed by atoms with E-state index in [9.17, 15) is 13.6 Å². The van der Waals surface area contributed by atoms with E-state index in [2.05, 4.69) is 0 Å². The number of ketones is 1. The van der Waals surface area contributed by atoms with Crippen molar-refractivity contribution in [1.29, 1.82) is 0 Å². The summed E-state index contributed by atoms with van der Waals surface area (Å²) in [6, 6.07) is 3.19. The number of halogens is 2. The molecule has 88 valence electrons. The molecule has 0 bridgehead atoms. The molecule has 0 aliphatic carbocycles. The molecule has 16 heavy (non-hydrogen) atoms. The molecule has 0 N–H and O–H groups in total. The van der Waals surface area contributed by atoms with Gasteiger partial charge in [-0.25, -0.2) is 8.78 Å². The fourth-order valence-corrected chi connectivity index (χ4v) is 1.09. The van der Waals surface area contributed by atoms with Crippen LogP contribution < -0.4 is 4.74 Å². The topological polar surface area (TPSA) is 26.3 Å². The highest BCUT2D eigenvalue weighted by Crippen LogP contribution is 2.15. The Morgan fingerprint density at radius 2 is 2.06 bits per heavy atom. The Labute approximate surface area is 93.2 Å². The third kappa shape index (κ3) is 3.29. The zero-order chi connectivity index (χ0) is 12.1. The van der Waals surface area contributed by atoms with E-state index in [4.69, 9.17) is 4.74 Å². The second kappa shape index (κ2) is 5.58. The van der Waals surface area contributed by atoms with Crippen LogP contribution in [0.1, 0.15) is 20.3 Å². The molecule has 1 aromatic rings. The number of hydrogen-bond donors (Lipinski definition) is 0. The summed E-state index contributed by atoms with van der Waals surface area (Å²) in [6.07, 6.45) is 0.736. The van der Waals surface area contributed by atoms with Crippen molar-refractivity contribution < 1.29 is 18.3 Å². The van der Waals surface area contributed by atoms with Crippen LogP contribution in [0, 0.1) is 17.6 Å². The number of carbonyl (C=O) groups excluding carboxylic acids is 1. The van der Waals surface area contributed by atoms with Gasteiger partial charge in [-0.05, 0) is 18.6 Å². The predicted molar refractivity (Wildman–Crippen MR) is 56.3 cm³/mol. The summed E-state index contributed by atoms with van der Waals surface area (Å²) in [7, 11) is 0. The van der Waals surface area contributed by atoms with Crippen LogP contribution in [0.4, 0.5) is 8.78 Å². The largest absolute Gasteiger partial charge is 0.486 e. The van der Waals surface area contributed by atoms with Gasteiger partial charge in [0.2, 0.25) is 0 Å². The lowest BCUT2D eigenvalue weighted by atomic mass is 10.1. The molecule has 0 heterocycles. The molecule has 0 spiro atoms. The van der Waals surface area contributed by atoms with Crippen molar-refractivity contribution in [3.05, 3.63) is 29.8 Å². The highest BCUT2D eigenvalue weighted by Gasteiger charge is 2.11. The lowest BCUT2D eigenvalue weighted by Crippen LogP contribution is -2.18. The lowest BCUT2D eigenvalue weighted by molar-refractivity contribution is -0.124. The van der Waals surface area contributed by atoms with Gasteiger partial charge in [-0.1, -0.05) is 13.8 Å². The van der Waals surface area contributed by atoms with E-state index in [1.807, 2.05) is 6.92 Å². The maximum Gasteiger partial charge on any atom is 0.172 e. The standard InChI is InChI=1S/C12H14F2O2/c1-3-8(2)12(15)7-16-9-4-5-10(13)11(14)6-9/h4-6,8H,3,7H2,1-2H3. The fourth-order valence-electron chi connectivity index (χ4n) is 1.09. The summed E-state index contributed by atoms with van der Waals surface area (Å²) in [5, 5.41) is 0. The molecule has 0 aliphatic heterocycles. The Kier molecular flexibility index (Phi) is 4.40. The zero-order valence-corrected chi connectivity index (χ0v) is 9.30. The minimum absolute atomic E-state index is 0.0489. The van der Waals surface area contributed by atoms with Gasteiger partial charge in [-0.15, -0.1) is 0 Å². The Morgan fingerprint density at radius 3 is 2.62 bits per heavy atom. The molecule has 0 saturated heterocycles. The molecule has 1 aromatic carbocycles. The molecule has 0 fully saturated rings. The SMILES string of the molecule is CCC(C)C(=O)COc1ccc(F)c(F)c1. The van der Waals surface area contributed by atoms with E-state index in [0.29, 0.717) is 0 Å². The summed E-state index contributed by atoms with van der Waals surface area (Å²) >= 11 is 0. The van der Waals surface area contributed by atoms with Gasteiger partial charge in [0, 0.05) is 12.0 Å². The summed E-state index contributed by atoms with van der Waals surface area (Å²) < 4.78 is 30.4. The van der Waals surface area contributed by atoms with Gasteiger partial charge < -0.3 is 4.74 Å². The number of ether oxygens (including phenoxy) is 1. The predicted octanol–water partition coefficient (Wildman–Crippen LogP) is 2.96. The summed E-state index contributed by atoms with van der Waals surface area (Å²) in [5.74, 6) is -1.87. The van der Waals surface area contributed by atoms with Gasteiger partial charge in [0.05, 0.1) is 0 Å². The van der Waals surface area contributed by atoms with Crippen LogP contribution in [0.5, 0.6) is 5.75 Å². The number of Topliss-reactive ketones (excluding diaryl/α,β-unsaturated/α-hetero) is 1. The van der Waals surface area contributed by atoms with Crippen molar-refractivity contribution in [2.24, 2.45) is 5.92 Å².